The summed E-state index contributed by atoms with van der Waals surface area (Å²) in [6.07, 6.45) is 0. The van der Waals surface area contributed by atoms with Crippen LogP contribution in [0.3, 0.4) is 0 Å². The fraction of sp³-hybridized carbons (Fsp3) is 0.500. The average molecular weight is 206 g/mol. The Bertz CT molecular complexity index is 351. The van der Waals surface area contributed by atoms with Crippen molar-refractivity contribution in [3.05, 3.63) is 34.9 Å². The molecule has 1 aromatic carbocycles. The molecule has 0 saturated carbocycles. The van der Waals surface area contributed by atoms with E-state index in [9.17, 15) is 0 Å². The van der Waals surface area contributed by atoms with Crippen LogP contribution < -0.4 is 5.73 Å². The van der Waals surface area contributed by atoms with Gasteiger partial charge in [-0.3, -0.25) is 4.90 Å². The Hall–Kier alpha value is -0.900. The number of rotatable bonds is 3. The van der Waals surface area contributed by atoms with Gasteiger partial charge in [-0.15, -0.1) is 0 Å². The number of nitrogens with zero attached hydrogens (tertiary/aromatic N) is 1. The van der Waals surface area contributed by atoms with E-state index in [1.54, 1.807) is 0 Å². The van der Waals surface area contributed by atoms with Gasteiger partial charge in [0.25, 0.3) is 0 Å². The number of hydrogen-bond donors (Lipinski definition) is 2. The van der Waals surface area contributed by atoms with Crippen molar-refractivity contribution >= 4 is 0 Å². The van der Waals surface area contributed by atoms with Gasteiger partial charge >= 0.3 is 0 Å². The van der Waals surface area contributed by atoms with E-state index in [4.69, 9.17) is 10.8 Å². The van der Waals surface area contributed by atoms with Gasteiger partial charge in [-0.1, -0.05) is 23.8 Å². The van der Waals surface area contributed by atoms with Gasteiger partial charge < -0.3 is 10.8 Å². The van der Waals surface area contributed by atoms with Crippen LogP contribution in [0, 0.1) is 6.92 Å². The Morgan fingerprint density at radius 3 is 3.00 bits per heavy atom. The Morgan fingerprint density at radius 1 is 1.53 bits per heavy atom. The van der Waals surface area contributed by atoms with Crippen molar-refractivity contribution in [2.75, 3.05) is 19.7 Å². The second-order valence-corrected chi connectivity index (χ2v) is 4.15. The third-order valence-corrected chi connectivity index (χ3v) is 3.09. The van der Waals surface area contributed by atoms with Crippen LogP contribution in [0.2, 0.25) is 0 Å². The van der Waals surface area contributed by atoms with Crippen molar-refractivity contribution in [3.8, 4) is 0 Å². The Morgan fingerprint density at radius 2 is 2.33 bits per heavy atom. The quantitative estimate of drug-likeness (QED) is 0.769. The summed E-state index contributed by atoms with van der Waals surface area (Å²) < 4.78 is 0. The summed E-state index contributed by atoms with van der Waals surface area (Å²) in [6.45, 7) is 4.54. The molecule has 0 aliphatic carbocycles. The molecule has 82 valence electrons. The van der Waals surface area contributed by atoms with Crippen LogP contribution in [0.1, 0.15) is 22.7 Å². The molecular formula is C12H18N2O. The topological polar surface area (TPSA) is 49.5 Å². The van der Waals surface area contributed by atoms with Crippen LogP contribution in [0.25, 0.3) is 0 Å². The molecule has 1 aromatic rings. The summed E-state index contributed by atoms with van der Waals surface area (Å²) in [6, 6.07) is 6.80. The van der Waals surface area contributed by atoms with Gasteiger partial charge in [0, 0.05) is 25.7 Å². The number of nitrogens with two attached hydrogens (primary N) is 1. The number of benzene rings is 1. The van der Waals surface area contributed by atoms with E-state index in [0.717, 1.165) is 6.54 Å². The summed E-state index contributed by atoms with van der Waals surface area (Å²) in [7, 11) is 0. The highest BCUT2D eigenvalue weighted by atomic mass is 16.3. The largest absolute Gasteiger partial charge is 0.395 e. The first-order valence-corrected chi connectivity index (χ1v) is 5.40. The first-order chi connectivity index (χ1) is 7.26. The van der Waals surface area contributed by atoms with Gasteiger partial charge in [0.1, 0.15) is 0 Å². The zero-order chi connectivity index (χ0) is 10.8. The highest BCUT2D eigenvalue weighted by Gasteiger charge is 2.28. The number of β-amino-alcohol motifs (C(OH)–C–C–N with tert-alkyl or cyclic N) is 1. The summed E-state index contributed by atoms with van der Waals surface area (Å²) in [5.41, 5.74) is 9.76. The molecule has 0 radical (unpaired) electrons. The summed E-state index contributed by atoms with van der Waals surface area (Å²) >= 11 is 0. The maximum atomic E-state index is 8.99. The van der Waals surface area contributed by atoms with E-state index in [0.29, 0.717) is 13.1 Å². The zero-order valence-corrected chi connectivity index (χ0v) is 9.11. The number of aliphatic hydroxyl groups excluding tert-OH is 1. The second-order valence-electron chi connectivity index (χ2n) is 4.15. The van der Waals surface area contributed by atoms with Crippen LogP contribution in [0.15, 0.2) is 18.2 Å². The predicted octanol–water partition coefficient (Wildman–Crippen LogP) is 0.803. The Kier molecular flexibility index (Phi) is 3.05. The predicted molar refractivity (Wildman–Crippen MR) is 60.5 cm³/mol. The molecule has 15 heavy (non-hydrogen) atoms. The maximum Gasteiger partial charge on any atom is 0.0558 e. The van der Waals surface area contributed by atoms with Crippen LogP contribution in [-0.4, -0.2) is 29.7 Å². The van der Waals surface area contributed by atoms with Crippen molar-refractivity contribution < 1.29 is 5.11 Å². The van der Waals surface area contributed by atoms with E-state index in [2.05, 4.69) is 30.0 Å². The summed E-state index contributed by atoms with van der Waals surface area (Å²) in [5.74, 6) is 0. The molecule has 0 aromatic heterocycles. The molecule has 1 unspecified atom stereocenters. The lowest BCUT2D eigenvalue weighted by molar-refractivity contribution is 0.164. The number of aryl methyl sites for hydroxylation is 1. The molecule has 3 nitrogen and oxygen atoms in total. The van der Waals surface area contributed by atoms with Crippen LogP contribution in [0.4, 0.5) is 0 Å². The molecule has 1 heterocycles. The fourth-order valence-electron chi connectivity index (χ4n) is 2.33. The Labute approximate surface area is 90.5 Å². The minimum Gasteiger partial charge on any atom is -0.395 e. The fourth-order valence-corrected chi connectivity index (χ4v) is 2.33. The lowest BCUT2D eigenvalue weighted by atomic mass is 10.0. The smallest absolute Gasteiger partial charge is 0.0558 e. The van der Waals surface area contributed by atoms with Gasteiger partial charge in [0.15, 0.2) is 0 Å². The van der Waals surface area contributed by atoms with Crippen molar-refractivity contribution in [2.24, 2.45) is 5.73 Å². The molecule has 1 atom stereocenters. The molecule has 0 saturated heterocycles. The molecule has 3 heteroatoms. The van der Waals surface area contributed by atoms with Gasteiger partial charge in [0.2, 0.25) is 0 Å². The van der Waals surface area contributed by atoms with E-state index >= 15 is 0 Å². The zero-order valence-electron chi connectivity index (χ0n) is 9.11. The summed E-state index contributed by atoms with van der Waals surface area (Å²) in [4.78, 5) is 2.24. The standard InChI is InChI=1S/C12H18N2O/c1-9-2-3-10-8-14(4-5-15)12(7-13)11(10)6-9/h2-3,6,12,15H,4-5,7-8,13H2,1H3. The highest BCUT2D eigenvalue weighted by molar-refractivity contribution is 5.37. The first kappa shape index (κ1) is 10.6. The molecular weight excluding hydrogens is 188 g/mol. The highest BCUT2D eigenvalue weighted by Crippen LogP contribution is 2.32. The SMILES string of the molecule is Cc1ccc2c(c1)C(CN)N(CCO)C2. The lowest BCUT2D eigenvalue weighted by Crippen LogP contribution is -2.30. The third kappa shape index (κ3) is 1.91. The van der Waals surface area contributed by atoms with E-state index in [1.165, 1.54) is 16.7 Å². The van der Waals surface area contributed by atoms with Gasteiger partial charge in [0.05, 0.1) is 6.61 Å². The van der Waals surface area contributed by atoms with E-state index in [-0.39, 0.29) is 12.6 Å². The Balaban J connectivity index is 2.29. The van der Waals surface area contributed by atoms with Crippen molar-refractivity contribution in [1.82, 2.24) is 4.90 Å². The monoisotopic (exact) mass is 206 g/mol. The maximum absolute atomic E-state index is 8.99. The average Bonchev–Trinajstić information content (AvgIpc) is 2.55. The normalized spacial score (nSPS) is 20.6. The molecule has 0 spiro atoms. The van der Waals surface area contributed by atoms with Gasteiger partial charge in [-0.05, 0) is 18.1 Å². The second kappa shape index (κ2) is 4.31. The molecule has 3 N–H and O–H groups in total. The molecule has 0 amide bonds. The lowest BCUT2D eigenvalue weighted by Gasteiger charge is -2.22. The molecule has 1 aliphatic heterocycles. The number of aliphatic hydroxyl groups is 1. The van der Waals surface area contributed by atoms with Crippen LogP contribution >= 0.6 is 0 Å². The number of fused-ring (bicyclic) bond motifs is 1. The minimum absolute atomic E-state index is 0.198. The minimum atomic E-state index is 0.198. The van der Waals surface area contributed by atoms with Gasteiger partial charge in [-0.2, -0.15) is 0 Å². The summed E-state index contributed by atoms with van der Waals surface area (Å²) in [5, 5.41) is 8.99. The van der Waals surface area contributed by atoms with Crippen LogP contribution in [0.5, 0.6) is 0 Å². The van der Waals surface area contributed by atoms with Crippen LogP contribution in [-0.2, 0) is 6.54 Å². The van der Waals surface area contributed by atoms with E-state index in [1.807, 2.05) is 0 Å². The first-order valence-electron chi connectivity index (χ1n) is 5.40. The third-order valence-electron chi connectivity index (χ3n) is 3.09. The van der Waals surface area contributed by atoms with Crippen molar-refractivity contribution in [3.63, 3.8) is 0 Å². The van der Waals surface area contributed by atoms with Crippen molar-refractivity contribution in [1.29, 1.82) is 0 Å². The van der Waals surface area contributed by atoms with E-state index < -0.39 is 0 Å². The van der Waals surface area contributed by atoms with Gasteiger partial charge in [-0.25, -0.2) is 0 Å². The van der Waals surface area contributed by atoms with Crippen molar-refractivity contribution in [2.45, 2.75) is 19.5 Å². The number of hydrogen-bond acceptors (Lipinski definition) is 3. The molecule has 0 fully saturated rings. The molecule has 0 bridgehead atoms. The molecule has 1 aliphatic rings. The molecule has 2 rings (SSSR count).